The summed E-state index contributed by atoms with van der Waals surface area (Å²) in [5.74, 6) is -0.336. The van der Waals surface area contributed by atoms with E-state index >= 15 is 0 Å². The van der Waals surface area contributed by atoms with Crippen molar-refractivity contribution in [1.29, 1.82) is 0 Å². The fourth-order valence-corrected chi connectivity index (χ4v) is 4.53. The number of phenolic OH excluding ortho intramolecular Hbond substituents is 1. The molecule has 1 aliphatic heterocycles. The number of aromatic hydroxyl groups is 1. The van der Waals surface area contributed by atoms with Gasteiger partial charge in [0.25, 0.3) is 0 Å². The third kappa shape index (κ3) is 5.83. The number of aryl methyl sites for hydroxylation is 1. The van der Waals surface area contributed by atoms with Gasteiger partial charge >= 0.3 is 6.03 Å². The first-order chi connectivity index (χ1) is 19.7. The maximum atomic E-state index is 14.0. The van der Waals surface area contributed by atoms with Crippen molar-refractivity contribution in [3.8, 4) is 5.75 Å². The standard InChI is InChI=1S/C30H27N7O4/c1-3-26(39)33-24-9-4-5-10-25(24)34-29-32-15-21-17-36(22-11-18(2)12-23(38)14-22)30(41)37(28(21)35-29)16-19-7-6-8-20(13-19)27(31)40/h3-15,38H,1,16-17H2,2H3,(H2,31,40)(H,33,39)(H,32,34,35). The minimum absolute atomic E-state index is 0.0392. The van der Waals surface area contributed by atoms with Gasteiger partial charge in [-0.25, -0.2) is 9.78 Å². The summed E-state index contributed by atoms with van der Waals surface area (Å²) in [4.78, 5) is 49.8. The Morgan fingerprint density at radius 1 is 1.10 bits per heavy atom. The van der Waals surface area contributed by atoms with Crippen LogP contribution < -0.4 is 26.2 Å². The molecule has 1 aromatic heterocycles. The number of phenols is 1. The number of benzene rings is 3. The molecule has 4 aromatic rings. The summed E-state index contributed by atoms with van der Waals surface area (Å²) >= 11 is 0. The van der Waals surface area contributed by atoms with E-state index in [1.165, 1.54) is 21.9 Å². The molecule has 0 saturated carbocycles. The molecule has 5 N–H and O–H groups in total. The van der Waals surface area contributed by atoms with Gasteiger partial charge in [-0.05, 0) is 60.5 Å². The number of primary amides is 1. The smallest absolute Gasteiger partial charge is 0.330 e. The number of hydrogen-bond acceptors (Lipinski definition) is 7. The molecule has 4 amide bonds. The van der Waals surface area contributed by atoms with Crippen LogP contribution >= 0.6 is 0 Å². The van der Waals surface area contributed by atoms with E-state index in [2.05, 4.69) is 27.2 Å². The fourth-order valence-electron chi connectivity index (χ4n) is 4.53. The molecule has 0 atom stereocenters. The van der Waals surface area contributed by atoms with E-state index < -0.39 is 5.91 Å². The van der Waals surface area contributed by atoms with Crippen molar-refractivity contribution in [3.05, 3.63) is 108 Å². The number of carbonyl (C=O) groups excluding carboxylic acids is 3. The number of para-hydroxylation sites is 2. The Hall–Kier alpha value is -5.71. The maximum Gasteiger partial charge on any atom is 0.330 e. The highest BCUT2D eigenvalue weighted by Crippen LogP contribution is 2.34. The molecule has 3 aromatic carbocycles. The van der Waals surface area contributed by atoms with Crippen LogP contribution in [0.15, 0.2) is 85.6 Å². The van der Waals surface area contributed by atoms with E-state index in [0.717, 1.165) is 5.56 Å². The number of hydrogen-bond donors (Lipinski definition) is 4. The summed E-state index contributed by atoms with van der Waals surface area (Å²) in [6.07, 6.45) is 2.79. The average molecular weight is 550 g/mol. The second kappa shape index (κ2) is 11.2. The Labute approximate surface area is 236 Å². The quantitative estimate of drug-likeness (QED) is 0.234. The summed E-state index contributed by atoms with van der Waals surface area (Å²) in [6.45, 7) is 5.57. The van der Waals surface area contributed by atoms with Gasteiger partial charge in [0.05, 0.1) is 24.5 Å². The highest BCUT2D eigenvalue weighted by atomic mass is 16.3. The lowest BCUT2D eigenvalue weighted by Crippen LogP contribution is -2.47. The van der Waals surface area contributed by atoms with Gasteiger partial charge in [-0.2, -0.15) is 4.98 Å². The van der Waals surface area contributed by atoms with Crippen LogP contribution in [0.1, 0.15) is 27.0 Å². The number of nitrogens with zero attached hydrogens (tertiary/aromatic N) is 4. The van der Waals surface area contributed by atoms with Crippen LogP contribution in [-0.2, 0) is 17.9 Å². The monoisotopic (exact) mass is 549 g/mol. The zero-order valence-corrected chi connectivity index (χ0v) is 22.2. The number of urea groups is 1. The van der Waals surface area contributed by atoms with Crippen LogP contribution in [0.25, 0.3) is 0 Å². The molecule has 11 heteroatoms. The summed E-state index contributed by atoms with van der Waals surface area (Å²) in [6, 6.07) is 18.3. The lowest BCUT2D eigenvalue weighted by atomic mass is 10.1. The van der Waals surface area contributed by atoms with Gasteiger partial charge in [-0.3, -0.25) is 19.4 Å². The molecule has 0 aliphatic carbocycles. The molecule has 0 bridgehead atoms. The van der Waals surface area contributed by atoms with Crippen LogP contribution in [0.5, 0.6) is 5.75 Å². The van der Waals surface area contributed by atoms with Crippen LogP contribution in [0.2, 0.25) is 0 Å². The molecule has 0 spiro atoms. The van der Waals surface area contributed by atoms with E-state index in [4.69, 9.17) is 5.73 Å². The van der Waals surface area contributed by atoms with Gasteiger partial charge in [-0.15, -0.1) is 0 Å². The van der Waals surface area contributed by atoms with Crippen molar-refractivity contribution in [2.45, 2.75) is 20.0 Å². The minimum Gasteiger partial charge on any atom is -0.508 e. The summed E-state index contributed by atoms with van der Waals surface area (Å²) in [5.41, 5.74) is 9.47. The molecule has 0 saturated heterocycles. The van der Waals surface area contributed by atoms with E-state index in [-0.39, 0.29) is 36.7 Å². The Kier molecular flexibility index (Phi) is 7.33. The predicted octanol–water partition coefficient (Wildman–Crippen LogP) is 4.60. The number of anilines is 5. The van der Waals surface area contributed by atoms with E-state index in [1.54, 1.807) is 66.9 Å². The highest BCUT2D eigenvalue weighted by molar-refractivity contribution is 6.06. The number of amides is 4. The van der Waals surface area contributed by atoms with Gasteiger partial charge in [-0.1, -0.05) is 30.8 Å². The lowest BCUT2D eigenvalue weighted by molar-refractivity contribution is -0.111. The molecule has 5 rings (SSSR count). The molecule has 41 heavy (non-hydrogen) atoms. The highest BCUT2D eigenvalue weighted by Gasteiger charge is 2.33. The topological polar surface area (TPSA) is 154 Å². The summed E-state index contributed by atoms with van der Waals surface area (Å²) in [5, 5.41) is 16.0. The third-order valence-electron chi connectivity index (χ3n) is 6.42. The number of carbonyl (C=O) groups is 3. The molecule has 2 heterocycles. The first-order valence-electron chi connectivity index (χ1n) is 12.7. The van der Waals surface area contributed by atoms with Gasteiger partial charge in [0.1, 0.15) is 11.6 Å². The van der Waals surface area contributed by atoms with Crippen molar-refractivity contribution in [3.63, 3.8) is 0 Å². The molecule has 11 nitrogen and oxygen atoms in total. The molecule has 1 aliphatic rings. The first-order valence-corrected chi connectivity index (χ1v) is 12.7. The molecular weight excluding hydrogens is 522 g/mol. The lowest BCUT2D eigenvalue weighted by Gasteiger charge is -2.36. The Balaban J connectivity index is 1.55. The number of aromatic nitrogens is 2. The molecule has 0 unspecified atom stereocenters. The first kappa shape index (κ1) is 26.9. The zero-order chi connectivity index (χ0) is 29.1. The number of nitrogens with two attached hydrogens (primary N) is 1. The van der Waals surface area contributed by atoms with Crippen molar-refractivity contribution in [2.24, 2.45) is 5.73 Å². The summed E-state index contributed by atoms with van der Waals surface area (Å²) < 4.78 is 0. The van der Waals surface area contributed by atoms with Crippen LogP contribution in [-0.4, -0.2) is 32.9 Å². The number of rotatable bonds is 8. The Bertz CT molecular complexity index is 1670. The fraction of sp³-hybridized carbons (Fsp3) is 0.100. The second-order valence-electron chi connectivity index (χ2n) is 9.45. The van der Waals surface area contributed by atoms with Gasteiger partial charge in [0.15, 0.2) is 0 Å². The molecule has 0 fully saturated rings. The van der Waals surface area contributed by atoms with Crippen molar-refractivity contribution < 1.29 is 19.5 Å². The predicted molar refractivity (Wildman–Crippen MR) is 156 cm³/mol. The van der Waals surface area contributed by atoms with Crippen molar-refractivity contribution in [1.82, 2.24) is 9.97 Å². The van der Waals surface area contributed by atoms with Crippen LogP contribution in [0.3, 0.4) is 0 Å². The summed E-state index contributed by atoms with van der Waals surface area (Å²) in [7, 11) is 0. The maximum absolute atomic E-state index is 14.0. The molecule has 206 valence electrons. The van der Waals surface area contributed by atoms with E-state index in [9.17, 15) is 19.5 Å². The number of fused-ring (bicyclic) bond motifs is 1. The van der Waals surface area contributed by atoms with Crippen LogP contribution in [0, 0.1) is 6.92 Å². The largest absolute Gasteiger partial charge is 0.508 e. The molecular formula is C30H27N7O4. The zero-order valence-electron chi connectivity index (χ0n) is 22.2. The van der Waals surface area contributed by atoms with Crippen LogP contribution in [0.4, 0.5) is 33.6 Å². The van der Waals surface area contributed by atoms with E-state index in [1.807, 2.05) is 6.92 Å². The Morgan fingerprint density at radius 3 is 2.61 bits per heavy atom. The number of nitrogens with one attached hydrogen (secondary N) is 2. The van der Waals surface area contributed by atoms with Gasteiger partial charge in [0.2, 0.25) is 17.8 Å². The molecule has 0 radical (unpaired) electrons. The van der Waals surface area contributed by atoms with Crippen molar-refractivity contribution >= 4 is 46.7 Å². The second-order valence-corrected chi connectivity index (χ2v) is 9.45. The normalized spacial score (nSPS) is 12.5. The minimum atomic E-state index is -0.579. The van der Waals surface area contributed by atoms with Gasteiger partial charge < -0.3 is 21.5 Å². The van der Waals surface area contributed by atoms with E-state index in [0.29, 0.717) is 39.6 Å². The SMILES string of the molecule is C=CC(=O)Nc1ccccc1Nc1ncc2c(n1)N(Cc1cccc(C(N)=O)c1)C(=O)N(c1cc(C)cc(O)c1)C2. The van der Waals surface area contributed by atoms with Gasteiger partial charge in [0, 0.05) is 29.1 Å². The average Bonchev–Trinajstić information content (AvgIpc) is 2.95. The third-order valence-corrected chi connectivity index (χ3v) is 6.42. The Morgan fingerprint density at radius 2 is 1.88 bits per heavy atom. The van der Waals surface area contributed by atoms with Crippen molar-refractivity contribution in [2.75, 3.05) is 20.4 Å².